The molecule has 27 heavy (non-hydrogen) atoms. The molecule has 138 valence electrons. The minimum Gasteiger partial charge on any atom is -0.467 e. The highest BCUT2D eigenvalue weighted by Gasteiger charge is 2.13. The minimum absolute atomic E-state index is 0.00716. The van der Waals surface area contributed by atoms with Crippen LogP contribution < -0.4 is 16.2 Å². The van der Waals surface area contributed by atoms with Crippen molar-refractivity contribution in [1.82, 2.24) is 15.2 Å². The second-order valence-electron chi connectivity index (χ2n) is 5.88. The third kappa shape index (κ3) is 4.94. The fraction of sp³-hybridized carbons (Fsp3) is 0.150. The molecule has 0 aliphatic heterocycles. The van der Waals surface area contributed by atoms with E-state index in [-0.39, 0.29) is 24.6 Å². The van der Waals surface area contributed by atoms with Gasteiger partial charge in [0.15, 0.2) is 0 Å². The highest BCUT2D eigenvalue weighted by atomic mass is 16.3. The number of rotatable bonds is 7. The van der Waals surface area contributed by atoms with E-state index in [9.17, 15) is 14.4 Å². The van der Waals surface area contributed by atoms with E-state index in [1.807, 2.05) is 30.3 Å². The molecule has 0 atom stereocenters. The summed E-state index contributed by atoms with van der Waals surface area (Å²) >= 11 is 0. The van der Waals surface area contributed by atoms with Gasteiger partial charge in [0.2, 0.25) is 5.91 Å². The fourth-order valence-corrected chi connectivity index (χ4v) is 2.53. The van der Waals surface area contributed by atoms with E-state index in [1.165, 1.54) is 16.9 Å². The van der Waals surface area contributed by atoms with E-state index in [0.717, 1.165) is 5.56 Å². The summed E-state index contributed by atoms with van der Waals surface area (Å²) in [6, 6.07) is 16.0. The van der Waals surface area contributed by atoms with Gasteiger partial charge in [0.05, 0.1) is 25.9 Å². The van der Waals surface area contributed by atoms with Crippen LogP contribution in [0.25, 0.3) is 0 Å². The number of benzene rings is 1. The van der Waals surface area contributed by atoms with Gasteiger partial charge in [-0.2, -0.15) is 0 Å². The van der Waals surface area contributed by atoms with Crippen LogP contribution in [0.1, 0.15) is 21.7 Å². The van der Waals surface area contributed by atoms with Crippen molar-refractivity contribution in [2.45, 2.75) is 13.1 Å². The van der Waals surface area contributed by atoms with Gasteiger partial charge in [0.25, 0.3) is 11.5 Å². The zero-order valence-corrected chi connectivity index (χ0v) is 14.6. The second-order valence-corrected chi connectivity index (χ2v) is 5.88. The average molecular weight is 365 g/mol. The molecule has 2 amide bonds. The third-order valence-electron chi connectivity index (χ3n) is 3.91. The SMILES string of the molecule is O=C(CNC(=O)c1cccn(Cc2ccccc2)c1=O)NCc1ccco1. The number of nitrogens with one attached hydrogen (secondary N) is 2. The Kier molecular flexibility index (Phi) is 5.84. The van der Waals surface area contributed by atoms with Crippen LogP contribution in [0.4, 0.5) is 0 Å². The van der Waals surface area contributed by atoms with Crippen molar-refractivity contribution in [3.05, 3.63) is 94.3 Å². The number of amides is 2. The van der Waals surface area contributed by atoms with Crippen LogP contribution >= 0.6 is 0 Å². The number of hydrogen-bond donors (Lipinski definition) is 2. The molecule has 2 N–H and O–H groups in total. The van der Waals surface area contributed by atoms with E-state index in [4.69, 9.17) is 4.42 Å². The Hall–Kier alpha value is -3.61. The monoisotopic (exact) mass is 365 g/mol. The van der Waals surface area contributed by atoms with Crippen LogP contribution in [0, 0.1) is 0 Å². The number of nitrogens with zero attached hydrogens (tertiary/aromatic N) is 1. The van der Waals surface area contributed by atoms with E-state index in [1.54, 1.807) is 24.4 Å². The first-order valence-corrected chi connectivity index (χ1v) is 8.44. The summed E-state index contributed by atoms with van der Waals surface area (Å²) in [6.45, 7) is 0.369. The smallest absolute Gasteiger partial charge is 0.263 e. The molecule has 0 saturated heterocycles. The van der Waals surface area contributed by atoms with Crippen LogP contribution in [-0.4, -0.2) is 22.9 Å². The molecular weight excluding hydrogens is 346 g/mol. The molecule has 0 bridgehead atoms. The number of pyridine rings is 1. The predicted octanol–water partition coefficient (Wildman–Crippen LogP) is 1.54. The van der Waals surface area contributed by atoms with Gasteiger partial charge >= 0.3 is 0 Å². The maximum atomic E-state index is 12.5. The molecule has 0 radical (unpaired) electrons. The summed E-state index contributed by atoms with van der Waals surface area (Å²) in [5.41, 5.74) is 0.538. The molecule has 0 fully saturated rings. The number of furan rings is 1. The van der Waals surface area contributed by atoms with Gasteiger partial charge in [-0.1, -0.05) is 30.3 Å². The molecule has 0 aliphatic rings. The molecule has 7 nitrogen and oxygen atoms in total. The lowest BCUT2D eigenvalue weighted by molar-refractivity contribution is -0.120. The summed E-state index contributed by atoms with van der Waals surface area (Å²) in [4.78, 5) is 36.6. The summed E-state index contributed by atoms with van der Waals surface area (Å²) < 4.78 is 6.57. The molecule has 0 aliphatic carbocycles. The van der Waals surface area contributed by atoms with Gasteiger partial charge in [-0.15, -0.1) is 0 Å². The number of hydrogen-bond acceptors (Lipinski definition) is 4. The van der Waals surface area contributed by atoms with E-state index < -0.39 is 11.5 Å². The largest absolute Gasteiger partial charge is 0.467 e. The fourth-order valence-electron chi connectivity index (χ4n) is 2.53. The van der Waals surface area contributed by atoms with Crippen molar-refractivity contribution in [3.8, 4) is 0 Å². The van der Waals surface area contributed by atoms with Crippen molar-refractivity contribution in [2.75, 3.05) is 6.54 Å². The van der Waals surface area contributed by atoms with Crippen molar-refractivity contribution >= 4 is 11.8 Å². The second kappa shape index (κ2) is 8.66. The number of carbonyl (C=O) groups is 2. The molecule has 3 rings (SSSR count). The Labute approximate surface area is 155 Å². The molecule has 0 saturated carbocycles. The van der Waals surface area contributed by atoms with E-state index in [2.05, 4.69) is 10.6 Å². The van der Waals surface area contributed by atoms with Crippen LogP contribution in [0.15, 0.2) is 76.3 Å². The standard InChI is InChI=1S/C20H19N3O4/c24-18(21-12-16-8-5-11-27-16)13-22-19(25)17-9-4-10-23(20(17)26)14-15-6-2-1-3-7-15/h1-11H,12-14H2,(H,21,24)(H,22,25). The molecule has 2 aromatic heterocycles. The first-order valence-electron chi connectivity index (χ1n) is 8.44. The zero-order chi connectivity index (χ0) is 19.1. The van der Waals surface area contributed by atoms with Crippen LogP contribution in [0.2, 0.25) is 0 Å². The lowest BCUT2D eigenvalue weighted by Gasteiger charge is -2.09. The van der Waals surface area contributed by atoms with Gasteiger partial charge in [0.1, 0.15) is 11.3 Å². The first-order chi connectivity index (χ1) is 13.1. The lowest BCUT2D eigenvalue weighted by Crippen LogP contribution is -2.39. The normalized spacial score (nSPS) is 10.4. The van der Waals surface area contributed by atoms with Crippen molar-refractivity contribution in [3.63, 3.8) is 0 Å². The molecule has 2 heterocycles. The average Bonchev–Trinajstić information content (AvgIpc) is 3.20. The Bertz CT molecular complexity index is 962. The maximum Gasteiger partial charge on any atom is 0.263 e. The van der Waals surface area contributed by atoms with Crippen LogP contribution in [0.5, 0.6) is 0 Å². The first kappa shape index (κ1) is 18.2. The maximum absolute atomic E-state index is 12.5. The quantitative estimate of drug-likeness (QED) is 0.664. The van der Waals surface area contributed by atoms with Gasteiger partial charge in [-0.25, -0.2) is 0 Å². The van der Waals surface area contributed by atoms with Crippen LogP contribution in [0.3, 0.4) is 0 Å². The summed E-state index contributed by atoms with van der Waals surface area (Å²) in [5, 5.41) is 5.09. The summed E-state index contributed by atoms with van der Waals surface area (Å²) in [6.07, 6.45) is 3.14. The van der Waals surface area contributed by atoms with Crippen molar-refractivity contribution in [2.24, 2.45) is 0 Å². The Morgan fingerprint density at radius 3 is 2.52 bits per heavy atom. The Balaban J connectivity index is 1.58. The molecular formula is C20H19N3O4. The van der Waals surface area contributed by atoms with Crippen LogP contribution in [-0.2, 0) is 17.9 Å². The van der Waals surface area contributed by atoms with E-state index in [0.29, 0.717) is 12.3 Å². The highest BCUT2D eigenvalue weighted by molar-refractivity contribution is 5.96. The van der Waals surface area contributed by atoms with E-state index >= 15 is 0 Å². The van der Waals surface area contributed by atoms with Crippen molar-refractivity contribution in [1.29, 1.82) is 0 Å². The predicted molar refractivity (Wildman–Crippen MR) is 99.1 cm³/mol. The van der Waals surface area contributed by atoms with Crippen molar-refractivity contribution < 1.29 is 14.0 Å². The molecule has 1 aromatic carbocycles. The topological polar surface area (TPSA) is 93.3 Å². The molecule has 3 aromatic rings. The third-order valence-corrected chi connectivity index (χ3v) is 3.91. The van der Waals surface area contributed by atoms with Gasteiger partial charge in [-0.3, -0.25) is 14.4 Å². The number of carbonyl (C=O) groups excluding carboxylic acids is 2. The highest BCUT2D eigenvalue weighted by Crippen LogP contribution is 2.02. The van der Waals surface area contributed by atoms with Gasteiger partial charge in [-0.05, 0) is 29.8 Å². The molecule has 0 spiro atoms. The zero-order valence-electron chi connectivity index (χ0n) is 14.6. The van der Waals surface area contributed by atoms with Gasteiger partial charge in [0, 0.05) is 6.20 Å². The van der Waals surface area contributed by atoms with Gasteiger partial charge < -0.3 is 19.6 Å². The summed E-state index contributed by atoms with van der Waals surface area (Å²) in [5.74, 6) is -0.350. The lowest BCUT2D eigenvalue weighted by atomic mass is 10.2. The molecule has 0 unspecified atom stereocenters. The summed E-state index contributed by atoms with van der Waals surface area (Å²) in [7, 11) is 0. The Morgan fingerprint density at radius 1 is 0.963 bits per heavy atom. The Morgan fingerprint density at radius 2 is 1.78 bits per heavy atom. The number of aromatic nitrogens is 1. The minimum atomic E-state index is -0.587. The molecule has 7 heteroatoms.